The molecular formula is C27H33NO3. The number of ether oxygens (including phenoxy) is 1. The maximum Gasteiger partial charge on any atom is 0.186 e. The van der Waals surface area contributed by atoms with E-state index in [-0.39, 0.29) is 6.61 Å². The quantitative estimate of drug-likeness (QED) is 0.431. The fourth-order valence-corrected chi connectivity index (χ4v) is 4.23. The summed E-state index contributed by atoms with van der Waals surface area (Å²) < 4.78 is 5.52. The van der Waals surface area contributed by atoms with Crippen molar-refractivity contribution in [1.82, 2.24) is 4.90 Å². The molecule has 0 aliphatic heterocycles. The maximum absolute atomic E-state index is 10.7. The zero-order valence-electron chi connectivity index (χ0n) is 18.3. The Hall–Kier alpha value is -2.66. The van der Waals surface area contributed by atoms with Crippen LogP contribution in [0.5, 0.6) is 5.75 Å². The van der Waals surface area contributed by atoms with Gasteiger partial charge >= 0.3 is 0 Å². The van der Waals surface area contributed by atoms with Crippen molar-refractivity contribution in [3.05, 3.63) is 102 Å². The van der Waals surface area contributed by atoms with Crippen molar-refractivity contribution in [3.63, 3.8) is 0 Å². The van der Waals surface area contributed by atoms with E-state index in [2.05, 4.69) is 48.3 Å². The lowest BCUT2D eigenvalue weighted by Gasteiger charge is -2.35. The van der Waals surface area contributed by atoms with Gasteiger partial charge in [-0.15, -0.1) is 0 Å². The first kappa shape index (κ1) is 23.0. The number of hydrogen-bond donors (Lipinski definition) is 2. The summed E-state index contributed by atoms with van der Waals surface area (Å²) in [6.45, 7) is 1.50. The smallest absolute Gasteiger partial charge is 0.186 e. The molecule has 0 saturated heterocycles. The van der Waals surface area contributed by atoms with Crippen LogP contribution in [-0.4, -0.2) is 48.6 Å². The fraction of sp³-hybridized carbons (Fsp3) is 0.333. The van der Waals surface area contributed by atoms with Crippen LogP contribution in [0.2, 0.25) is 0 Å². The Morgan fingerprint density at radius 1 is 0.806 bits per heavy atom. The topological polar surface area (TPSA) is 52.9 Å². The van der Waals surface area contributed by atoms with Gasteiger partial charge in [-0.1, -0.05) is 78.9 Å². The van der Waals surface area contributed by atoms with Crippen molar-refractivity contribution in [2.45, 2.75) is 24.7 Å². The van der Waals surface area contributed by atoms with Crippen molar-refractivity contribution in [1.29, 1.82) is 0 Å². The van der Waals surface area contributed by atoms with Crippen LogP contribution in [0, 0.1) is 0 Å². The summed E-state index contributed by atoms with van der Waals surface area (Å²) in [5, 5.41) is 20.0. The van der Waals surface area contributed by atoms with Crippen LogP contribution in [0.15, 0.2) is 84.9 Å². The normalized spacial score (nSPS) is 13.2. The Morgan fingerprint density at radius 3 is 2.13 bits per heavy atom. The van der Waals surface area contributed by atoms with Gasteiger partial charge in [0, 0.05) is 17.5 Å². The second-order valence-electron chi connectivity index (χ2n) is 8.02. The van der Waals surface area contributed by atoms with Crippen molar-refractivity contribution in [2.75, 3.05) is 33.5 Å². The van der Waals surface area contributed by atoms with Crippen LogP contribution in [0.3, 0.4) is 0 Å². The van der Waals surface area contributed by atoms with Gasteiger partial charge in [0.15, 0.2) is 6.79 Å². The van der Waals surface area contributed by atoms with Gasteiger partial charge in [-0.2, -0.15) is 0 Å². The first-order chi connectivity index (χ1) is 15.2. The first-order valence-electron chi connectivity index (χ1n) is 10.9. The lowest BCUT2D eigenvalue weighted by molar-refractivity contribution is 0.0946. The summed E-state index contributed by atoms with van der Waals surface area (Å²) in [7, 11) is 2.15. The van der Waals surface area contributed by atoms with E-state index in [9.17, 15) is 10.2 Å². The predicted octanol–water partition coefficient (Wildman–Crippen LogP) is 4.25. The Bertz CT molecular complexity index is 901. The molecule has 0 aromatic heterocycles. The molecule has 0 heterocycles. The molecule has 31 heavy (non-hydrogen) atoms. The average Bonchev–Trinajstić information content (AvgIpc) is 2.83. The van der Waals surface area contributed by atoms with Crippen molar-refractivity contribution in [2.24, 2.45) is 0 Å². The zero-order chi connectivity index (χ0) is 21.9. The molecule has 1 unspecified atom stereocenters. The molecule has 3 rings (SSSR count). The van der Waals surface area contributed by atoms with Gasteiger partial charge in [-0.3, -0.25) is 0 Å². The standard InChI is InChI=1S/C27H33NO3/c1-28(20-17-23-11-4-2-5-12-23)19-10-18-27(21-29,24-13-6-3-7-14-24)25-15-8-9-16-26(25)31-22-30/h2-9,11-16,29-30H,10,17-22H2,1H3. The average molecular weight is 420 g/mol. The molecule has 0 aliphatic rings. The van der Waals surface area contributed by atoms with Crippen LogP contribution < -0.4 is 4.74 Å². The Kier molecular flexibility index (Phi) is 8.65. The third kappa shape index (κ3) is 5.95. The predicted molar refractivity (Wildman–Crippen MR) is 125 cm³/mol. The summed E-state index contributed by atoms with van der Waals surface area (Å²) in [4.78, 5) is 2.34. The van der Waals surface area contributed by atoms with E-state index in [1.165, 1.54) is 5.56 Å². The molecule has 4 heteroatoms. The minimum atomic E-state index is -0.590. The monoisotopic (exact) mass is 419 g/mol. The SMILES string of the molecule is CN(CCCC(CO)(c1ccccc1)c1ccccc1OCO)CCc1ccccc1. The van der Waals surface area contributed by atoms with E-state index in [4.69, 9.17) is 4.74 Å². The van der Waals surface area contributed by atoms with Gasteiger partial charge in [0.05, 0.1) is 6.61 Å². The largest absolute Gasteiger partial charge is 0.467 e. The van der Waals surface area contributed by atoms with Crippen LogP contribution in [-0.2, 0) is 11.8 Å². The maximum atomic E-state index is 10.7. The molecular weight excluding hydrogens is 386 g/mol. The molecule has 0 saturated carbocycles. The van der Waals surface area contributed by atoms with E-state index in [1.807, 2.05) is 48.5 Å². The van der Waals surface area contributed by atoms with Gasteiger partial charge in [-0.25, -0.2) is 0 Å². The molecule has 4 nitrogen and oxygen atoms in total. The second kappa shape index (κ2) is 11.7. The Balaban J connectivity index is 1.75. The number of aliphatic hydroxyl groups excluding tert-OH is 2. The summed E-state index contributed by atoms with van der Waals surface area (Å²) in [5.41, 5.74) is 2.72. The van der Waals surface area contributed by atoms with Crippen LogP contribution in [0.1, 0.15) is 29.5 Å². The number of hydrogen-bond acceptors (Lipinski definition) is 4. The van der Waals surface area contributed by atoms with E-state index in [0.717, 1.165) is 43.5 Å². The molecule has 0 fully saturated rings. The molecule has 164 valence electrons. The third-order valence-electron chi connectivity index (χ3n) is 5.99. The molecule has 0 amide bonds. The number of nitrogens with zero attached hydrogens (tertiary/aromatic N) is 1. The molecule has 0 spiro atoms. The molecule has 2 N–H and O–H groups in total. The molecule has 1 atom stereocenters. The van der Waals surface area contributed by atoms with E-state index in [0.29, 0.717) is 5.75 Å². The molecule has 0 radical (unpaired) electrons. The Morgan fingerprint density at radius 2 is 1.45 bits per heavy atom. The third-order valence-corrected chi connectivity index (χ3v) is 5.99. The van der Waals surface area contributed by atoms with Gasteiger partial charge in [0.1, 0.15) is 5.75 Å². The second-order valence-corrected chi connectivity index (χ2v) is 8.02. The van der Waals surface area contributed by atoms with E-state index < -0.39 is 12.2 Å². The lowest BCUT2D eigenvalue weighted by atomic mass is 9.71. The highest BCUT2D eigenvalue weighted by atomic mass is 16.6. The molecule has 3 aromatic rings. The number of para-hydroxylation sites is 1. The van der Waals surface area contributed by atoms with Gasteiger partial charge in [0.2, 0.25) is 0 Å². The van der Waals surface area contributed by atoms with Gasteiger partial charge in [0.25, 0.3) is 0 Å². The van der Waals surface area contributed by atoms with E-state index in [1.54, 1.807) is 0 Å². The summed E-state index contributed by atoms with van der Waals surface area (Å²) in [6, 6.07) is 28.3. The Labute approximate surface area is 185 Å². The van der Waals surface area contributed by atoms with Crippen molar-refractivity contribution < 1.29 is 14.9 Å². The van der Waals surface area contributed by atoms with Gasteiger partial charge < -0.3 is 19.8 Å². The number of likely N-dealkylation sites (N-methyl/N-ethyl adjacent to an activating group) is 1. The molecule has 0 bridgehead atoms. The minimum Gasteiger partial charge on any atom is -0.467 e. The zero-order valence-corrected chi connectivity index (χ0v) is 18.3. The molecule has 3 aromatic carbocycles. The highest BCUT2D eigenvalue weighted by Crippen LogP contribution is 2.41. The number of aliphatic hydroxyl groups is 2. The van der Waals surface area contributed by atoms with E-state index >= 15 is 0 Å². The highest BCUT2D eigenvalue weighted by Gasteiger charge is 2.35. The van der Waals surface area contributed by atoms with Crippen molar-refractivity contribution in [3.8, 4) is 5.75 Å². The van der Waals surface area contributed by atoms with Crippen molar-refractivity contribution >= 4 is 0 Å². The lowest BCUT2D eigenvalue weighted by Crippen LogP contribution is -2.34. The highest BCUT2D eigenvalue weighted by molar-refractivity contribution is 5.47. The summed E-state index contributed by atoms with van der Waals surface area (Å²) >= 11 is 0. The first-order valence-corrected chi connectivity index (χ1v) is 10.9. The number of rotatable bonds is 12. The summed E-state index contributed by atoms with van der Waals surface area (Å²) in [5.74, 6) is 0.611. The van der Waals surface area contributed by atoms with Crippen LogP contribution in [0.25, 0.3) is 0 Å². The molecule has 0 aliphatic carbocycles. The van der Waals surface area contributed by atoms with Crippen LogP contribution in [0.4, 0.5) is 0 Å². The fourth-order valence-electron chi connectivity index (χ4n) is 4.23. The summed E-state index contributed by atoms with van der Waals surface area (Å²) in [6.07, 6.45) is 2.72. The minimum absolute atomic E-state index is 0.0312. The van der Waals surface area contributed by atoms with Gasteiger partial charge in [-0.05, 0) is 50.0 Å². The number of benzene rings is 3. The van der Waals surface area contributed by atoms with Crippen LogP contribution >= 0.6 is 0 Å².